The third-order valence-electron chi connectivity index (χ3n) is 6.02. The first-order chi connectivity index (χ1) is 13.8. The Morgan fingerprint density at radius 3 is 2.21 bits per heavy atom. The summed E-state index contributed by atoms with van der Waals surface area (Å²) in [6.45, 7) is 4.53. The highest BCUT2D eigenvalue weighted by molar-refractivity contribution is 5.40. The van der Waals surface area contributed by atoms with Crippen molar-refractivity contribution in [2.24, 2.45) is 5.92 Å². The second kappa shape index (κ2) is 11.0. The van der Waals surface area contributed by atoms with Crippen LogP contribution in [-0.4, -0.2) is 9.97 Å². The van der Waals surface area contributed by atoms with Crippen LogP contribution >= 0.6 is 0 Å². The van der Waals surface area contributed by atoms with Gasteiger partial charge in [0, 0.05) is 18.0 Å². The normalized spacial score (nSPS) is 19.1. The van der Waals surface area contributed by atoms with Crippen molar-refractivity contribution in [2.75, 3.05) is 0 Å². The molecule has 0 atom stereocenters. The predicted molar refractivity (Wildman–Crippen MR) is 117 cm³/mol. The molecule has 0 amide bonds. The molecule has 148 valence electrons. The van der Waals surface area contributed by atoms with Crippen LogP contribution < -0.4 is 0 Å². The highest BCUT2D eigenvalue weighted by Crippen LogP contribution is 2.37. The molecule has 28 heavy (non-hydrogen) atoms. The molecule has 1 aliphatic rings. The Hall–Kier alpha value is -2.14. The molecule has 0 aliphatic heterocycles. The van der Waals surface area contributed by atoms with Crippen molar-refractivity contribution >= 4 is 0 Å². The van der Waals surface area contributed by atoms with Crippen molar-refractivity contribution in [2.45, 2.75) is 84.0 Å². The van der Waals surface area contributed by atoms with Crippen molar-refractivity contribution < 1.29 is 0 Å². The van der Waals surface area contributed by atoms with Crippen molar-refractivity contribution in [3.63, 3.8) is 0 Å². The minimum absolute atomic E-state index is 0.609. The smallest absolute Gasteiger partial charge is 0.205 e. The van der Waals surface area contributed by atoms with Crippen LogP contribution in [0.2, 0.25) is 0 Å². The van der Waals surface area contributed by atoms with Crippen LogP contribution in [0.25, 0.3) is 0 Å². The van der Waals surface area contributed by atoms with Crippen LogP contribution in [0, 0.1) is 17.8 Å². The van der Waals surface area contributed by atoms with Gasteiger partial charge < -0.3 is 0 Å². The number of nitrogens with zero attached hydrogens (tertiary/aromatic N) is 2. The molecule has 0 radical (unpaired) electrons. The minimum atomic E-state index is 0.609. The summed E-state index contributed by atoms with van der Waals surface area (Å²) in [4.78, 5) is 8.80. The summed E-state index contributed by atoms with van der Waals surface area (Å²) in [6, 6.07) is 8.85. The number of benzene rings is 1. The van der Waals surface area contributed by atoms with Gasteiger partial charge in [-0.15, -0.1) is 0 Å². The van der Waals surface area contributed by atoms with Crippen LogP contribution in [0.1, 0.15) is 100 Å². The van der Waals surface area contributed by atoms with Gasteiger partial charge in [0.15, 0.2) is 0 Å². The Kier molecular flexibility index (Phi) is 8.09. The zero-order chi connectivity index (χ0) is 19.6. The van der Waals surface area contributed by atoms with Crippen LogP contribution in [-0.2, 0) is 6.42 Å². The van der Waals surface area contributed by atoms with Crippen LogP contribution in [0.4, 0.5) is 0 Å². The van der Waals surface area contributed by atoms with Crippen molar-refractivity contribution in [3.05, 3.63) is 59.2 Å². The van der Waals surface area contributed by atoms with E-state index in [4.69, 9.17) is 0 Å². The maximum absolute atomic E-state index is 4.40. The molecule has 0 saturated heterocycles. The highest BCUT2D eigenvalue weighted by atomic mass is 14.8. The average Bonchev–Trinajstić information content (AvgIpc) is 2.75. The molecule has 0 bridgehead atoms. The molecule has 0 spiro atoms. The summed E-state index contributed by atoms with van der Waals surface area (Å²) < 4.78 is 0. The molecule has 1 aromatic heterocycles. The zero-order valence-corrected chi connectivity index (χ0v) is 17.6. The fourth-order valence-electron chi connectivity index (χ4n) is 4.29. The molecular formula is C26H34N2. The van der Waals surface area contributed by atoms with Crippen molar-refractivity contribution in [1.82, 2.24) is 9.97 Å². The summed E-state index contributed by atoms with van der Waals surface area (Å²) in [7, 11) is 0. The van der Waals surface area contributed by atoms with Gasteiger partial charge in [-0.25, -0.2) is 9.97 Å². The average molecular weight is 375 g/mol. The van der Waals surface area contributed by atoms with Crippen molar-refractivity contribution in [1.29, 1.82) is 0 Å². The summed E-state index contributed by atoms with van der Waals surface area (Å²) >= 11 is 0. The Morgan fingerprint density at radius 1 is 0.857 bits per heavy atom. The second-order valence-electron chi connectivity index (χ2n) is 8.25. The Morgan fingerprint density at radius 2 is 1.57 bits per heavy atom. The lowest BCUT2D eigenvalue weighted by Crippen LogP contribution is -2.13. The second-order valence-corrected chi connectivity index (χ2v) is 8.25. The lowest BCUT2D eigenvalue weighted by molar-refractivity contribution is 0.308. The van der Waals surface area contributed by atoms with E-state index in [9.17, 15) is 0 Å². The molecule has 0 N–H and O–H groups in total. The van der Waals surface area contributed by atoms with Crippen molar-refractivity contribution in [3.8, 4) is 11.8 Å². The van der Waals surface area contributed by atoms with E-state index in [-0.39, 0.29) is 0 Å². The fraction of sp³-hybridized carbons (Fsp3) is 0.538. The number of hydrogen-bond donors (Lipinski definition) is 0. The quantitative estimate of drug-likeness (QED) is 0.399. The minimum Gasteiger partial charge on any atom is -0.229 e. The molecule has 1 aliphatic carbocycles. The maximum Gasteiger partial charge on any atom is 0.205 e. The molecular weight excluding hydrogens is 340 g/mol. The largest absolute Gasteiger partial charge is 0.229 e. The van der Waals surface area contributed by atoms with Gasteiger partial charge >= 0.3 is 0 Å². The van der Waals surface area contributed by atoms with Gasteiger partial charge in [0.25, 0.3) is 0 Å². The van der Waals surface area contributed by atoms with E-state index in [1.54, 1.807) is 0 Å². The van der Waals surface area contributed by atoms with Gasteiger partial charge in [0.05, 0.1) is 0 Å². The molecule has 0 unspecified atom stereocenters. The Labute approximate surface area is 171 Å². The van der Waals surface area contributed by atoms with Gasteiger partial charge in [-0.2, -0.15) is 0 Å². The molecule has 3 rings (SSSR count). The molecule has 1 heterocycles. The third-order valence-corrected chi connectivity index (χ3v) is 6.02. The predicted octanol–water partition coefficient (Wildman–Crippen LogP) is 6.68. The topological polar surface area (TPSA) is 25.8 Å². The lowest BCUT2D eigenvalue weighted by atomic mass is 9.77. The maximum atomic E-state index is 4.40. The van der Waals surface area contributed by atoms with E-state index in [0.717, 1.165) is 23.8 Å². The van der Waals surface area contributed by atoms with Gasteiger partial charge in [-0.3, -0.25) is 0 Å². The first kappa shape index (κ1) is 20.6. The molecule has 2 aromatic rings. The zero-order valence-electron chi connectivity index (χ0n) is 17.6. The van der Waals surface area contributed by atoms with E-state index in [0.29, 0.717) is 5.82 Å². The van der Waals surface area contributed by atoms with E-state index < -0.39 is 0 Å². The van der Waals surface area contributed by atoms with Gasteiger partial charge in [-0.05, 0) is 79.5 Å². The number of hydrogen-bond acceptors (Lipinski definition) is 2. The Balaban J connectivity index is 1.53. The molecule has 1 saturated carbocycles. The van der Waals surface area contributed by atoms with E-state index in [2.05, 4.69) is 59.9 Å². The van der Waals surface area contributed by atoms with Crippen LogP contribution in [0.15, 0.2) is 36.7 Å². The van der Waals surface area contributed by atoms with E-state index >= 15 is 0 Å². The van der Waals surface area contributed by atoms with Crippen LogP contribution in [0.5, 0.6) is 0 Å². The number of rotatable bonds is 7. The number of unbranched alkanes of at least 4 members (excludes halogenated alkanes) is 2. The van der Waals surface area contributed by atoms with Gasteiger partial charge in [0.2, 0.25) is 5.82 Å². The molecule has 2 heteroatoms. The van der Waals surface area contributed by atoms with E-state index in [1.165, 1.54) is 68.9 Å². The molecule has 2 nitrogen and oxygen atoms in total. The van der Waals surface area contributed by atoms with E-state index in [1.807, 2.05) is 12.4 Å². The first-order valence-electron chi connectivity index (χ1n) is 11.2. The number of aromatic nitrogens is 2. The number of aryl methyl sites for hydroxylation is 1. The molecule has 1 aromatic carbocycles. The standard InChI is InChI=1S/C26H34N2/c1-3-5-6-8-23-19-27-26(28-20-23)18-13-22-11-16-25(17-12-22)24-14-9-21(7-4-2)10-15-24/h11-12,16-17,19-21,24H,3-10,14-15H2,1-2H3. The first-order valence-corrected chi connectivity index (χ1v) is 11.2. The summed E-state index contributed by atoms with van der Waals surface area (Å²) in [5, 5.41) is 0. The van der Waals surface area contributed by atoms with Gasteiger partial charge in [-0.1, -0.05) is 57.6 Å². The Bertz CT molecular complexity index is 757. The lowest BCUT2D eigenvalue weighted by Gasteiger charge is -2.28. The molecule has 1 fully saturated rings. The third kappa shape index (κ3) is 6.20. The summed E-state index contributed by atoms with van der Waals surface area (Å²) in [5.41, 5.74) is 3.73. The summed E-state index contributed by atoms with van der Waals surface area (Å²) in [6.07, 6.45) is 16.8. The monoisotopic (exact) mass is 374 g/mol. The fourth-order valence-corrected chi connectivity index (χ4v) is 4.29. The SMILES string of the molecule is CCCCCc1cnc(C#Cc2ccc(C3CCC(CCC)CC3)cc2)nc1. The summed E-state index contributed by atoms with van der Waals surface area (Å²) in [5.74, 6) is 8.62. The highest BCUT2D eigenvalue weighted by Gasteiger charge is 2.21. The van der Waals surface area contributed by atoms with Gasteiger partial charge in [0.1, 0.15) is 0 Å². The van der Waals surface area contributed by atoms with Crippen LogP contribution in [0.3, 0.4) is 0 Å².